The number of benzene rings is 2. The maximum atomic E-state index is 15.1. The lowest BCUT2D eigenvalue weighted by atomic mass is 9.83. The van der Waals surface area contributed by atoms with Crippen molar-refractivity contribution in [2.45, 2.75) is 81.9 Å². The Morgan fingerprint density at radius 3 is 2.46 bits per heavy atom. The van der Waals surface area contributed by atoms with Gasteiger partial charge in [-0.05, 0) is 55.3 Å². The molecule has 272 valence electrons. The predicted octanol–water partition coefficient (Wildman–Crippen LogP) is 0.975. The number of carbonyl (C=O) groups is 1. The van der Waals surface area contributed by atoms with E-state index in [0.29, 0.717) is 48.8 Å². The number of carbonyl (C=O) groups excluding carboxylic acids is 1. The van der Waals surface area contributed by atoms with E-state index in [1.165, 1.54) is 31.2 Å². The van der Waals surface area contributed by atoms with Crippen molar-refractivity contribution in [3.05, 3.63) is 64.7 Å². The molecule has 0 radical (unpaired) electrons. The van der Waals surface area contributed by atoms with Gasteiger partial charge in [-0.2, -0.15) is 0 Å². The van der Waals surface area contributed by atoms with Crippen LogP contribution in [-0.4, -0.2) is 120 Å². The van der Waals surface area contributed by atoms with Gasteiger partial charge in [0.25, 0.3) is 0 Å². The normalized spacial score (nSPS) is 31.8. The van der Waals surface area contributed by atoms with E-state index >= 15 is 4.39 Å². The summed E-state index contributed by atoms with van der Waals surface area (Å²) in [5.41, 5.74) is 1.84. The average Bonchev–Trinajstić information content (AvgIpc) is 3.74. The van der Waals surface area contributed by atoms with Crippen molar-refractivity contribution in [2.75, 3.05) is 38.0 Å². The number of rotatable bonds is 10. The van der Waals surface area contributed by atoms with Gasteiger partial charge >= 0.3 is 0 Å². The molecule has 1 amide bonds. The third kappa shape index (κ3) is 7.92. The Balaban J connectivity index is 1.00. The van der Waals surface area contributed by atoms with Crippen LogP contribution in [-0.2, 0) is 35.2 Å². The number of nitrogens with one attached hydrogen (secondary N) is 1. The minimum absolute atomic E-state index is 0.00752. The molecule has 16 heteroatoms. The van der Waals surface area contributed by atoms with Crippen LogP contribution in [0.5, 0.6) is 5.75 Å². The first kappa shape index (κ1) is 36.1. The van der Waals surface area contributed by atoms with E-state index in [1.807, 2.05) is 4.90 Å². The molecular formula is C34H41F2N3O11. The van der Waals surface area contributed by atoms with Gasteiger partial charge in [0.2, 0.25) is 12.2 Å². The van der Waals surface area contributed by atoms with E-state index in [4.69, 9.17) is 28.5 Å². The Hall–Kier alpha value is -3.74. The van der Waals surface area contributed by atoms with Crippen LogP contribution in [0.2, 0.25) is 0 Å². The first-order chi connectivity index (χ1) is 24.0. The van der Waals surface area contributed by atoms with Crippen LogP contribution in [0.4, 0.5) is 14.5 Å². The number of halogens is 2. The smallest absolute Gasteiger partial charge is 0.247 e. The van der Waals surface area contributed by atoms with Crippen LogP contribution in [0, 0.1) is 11.6 Å². The zero-order chi connectivity index (χ0) is 35.5. The highest BCUT2D eigenvalue weighted by Gasteiger charge is 2.53. The number of ether oxygens (including phenoxy) is 5. The van der Waals surface area contributed by atoms with Crippen LogP contribution < -0.4 is 15.0 Å². The predicted molar refractivity (Wildman–Crippen MR) is 172 cm³/mol. The molecule has 4 fully saturated rings. The fraction of sp³-hybridized carbons (Fsp3) is 0.529. The minimum atomic E-state index is -1.51. The zero-order valence-corrected chi connectivity index (χ0v) is 27.5. The van der Waals surface area contributed by atoms with Gasteiger partial charge in [-0.1, -0.05) is 17.3 Å². The number of aliphatic hydroxyl groups is 4. The Labute approximate surface area is 286 Å². The summed E-state index contributed by atoms with van der Waals surface area (Å²) in [6, 6.07) is 7.62. The van der Waals surface area contributed by atoms with Crippen molar-refractivity contribution in [1.29, 1.82) is 0 Å². The molecule has 6 rings (SSSR count). The molecule has 2 aromatic rings. The summed E-state index contributed by atoms with van der Waals surface area (Å²) in [4.78, 5) is 20.2. The molecule has 9 atom stereocenters. The van der Waals surface area contributed by atoms with E-state index in [1.54, 1.807) is 19.1 Å². The van der Waals surface area contributed by atoms with Gasteiger partial charge in [-0.3, -0.25) is 4.79 Å². The molecular weight excluding hydrogens is 664 g/mol. The molecule has 0 unspecified atom stereocenters. The van der Waals surface area contributed by atoms with Crippen LogP contribution in [0.1, 0.15) is 31.4 Å². The van der Waals surface area contributed by atoms with Gasteiger partial charge < -0.3 is 59.2 Å². The average molecular weight is 706 g/mol. The summed E-state index contributed by atoms with van der Waals surface area (Å²) in [6.45, 7) is 5.22. The molecule has 0 aromatic heterocycles. The fourth-order valence-corrected chi connectivity index (χ4v) is 6.43. The van der Waals surface area contributed by atoms with E-state index in [-0.39, 0.29) is 37.0 Å². The molecule has 3 saturated heterocycles. The number of nitrogens with zero attached hydrogens (tertiary/aromatic N) is 2. The monoisotopic (exact) mass is 705 g/mol. The summed E-state index contributed by atoms with van der Waals surface area (Å²) in [5, 5.41) is 48.5. The van der Waals surface area contributed by atoms with Crippen LogP contribution in [0.25, 0.3) is 6.08 Å². The van der Waals surface area contributed by atoms with E-state index in [0.717, 1.165) is 6.07 Å². The second-order valence-electron chi connectivity index (χ2n) is 12.7. The number of morpholine rings is 1. The molecule has 0 bridgehead atoms. The number of anilines is 1. The first-order valence-corrected chi connectivity index (χ1v) is 16.3. The fourth-order valence-electron chi connectivity index (χ4n) is 6.43. The van der Waals surface area contributed by atoms with Crippen LogP contribution >= 0.6 is 0 Å². The number of amides is 1. The number of oxime groups is 1. The lowest BCUT2D eigenvalue weighted by Gasteiger charge is -2.41. The summed E-state index contributed by atoms with van der Waals surface area (Å²) < 4.78 is 57.1. The zero-order valence-electron chi connectivity index (χ0n) is 27.5. The second-order valence-corrected chi connectivity index (χ2v) is 12.7. The van der Waals surface area contributed by atoms with Gasteiger partial charge in [-0.25, -0.2) is 8.78 Å². The topological polar surface area (TPSA) is 181 Å². The molecule has 1 aliphatic carbocycles. The lowest BCUT2D eigenvalue weighted by molar-refractivity contribution is -0.155. The molecule has 3 heterocycles. The molecule has 50 heavy (non-hydrogen) atoms. The summed E-state index contributed by atoms with van der Waals surface area (Å²) in [5.74, 6) is -1.93. The quantitative estimate of drug-likeness (QED) is 0.135. The van der Waals surface area contributed by atoms with E-state index < -0.39 is 66.8 Å². The number of hydrogen-bond acceptors (Lipinski definition) is 13. The standard InChI is InChI=1S/C34H41F2N3O11/c1-17(34(44)37-27-28(41)30(43)33-32(29(27)42)46-16-47-33)11-19-4-6-25(22(36)12-19)49-26-14-24(40)31(50-26)18(2)38-48-15-20-3-5-23(21(35)13-20)39-7-9-45-10-8-39/h3-6,11-13,24,26-33,40-43H,7-10,14-16H2,1-2H3,(H,37,44)/b17-11+,38-18-/t24-,26+,27+,28-,29+,30+,31+,32-,33+/m0/s1. The SMILES string of the molecule is C/C(=N/OCc1ccc(N2CCOCC2)c(F)c1)[C@H]1O[C@@H](Oc2ccc(/C=C(\C)C(=O)N[C@@H]3[C@H](O)[C@@H](O)[C@H]4OCO[C@H]4[C@@H]3O)cc2F)C[C@@H]1O. The minimum Gasteiger partial charge on any atom is -0.462 e. The van der Waals surface area contributed by atoms with Gasteiger partial charge in [-0.15, -0.1) is 0 Å². The van der Waals surface area contributed by atoms with Gasteiger partial charge in [0, 0.05) is 25.1 Å². The number of fused-ring (bicyclic) bond motifs is 1. The molecule has 0 spiro atoms. The van der Waals surface area contributed by atoms with Crippen molar-refractivity contribution in [3.8, 4) is 5.75 Å². The van der Waals surface area contributed by atoms with Gasteiger partial charge in [0.05, 0.1) is 36.8 Å². The van der Waals surface area contributed by atoms with Crippen LogP contribution in [0.15, 0.2) is 47.1 Å². The highest BCUT2D eigenvalue weighted by Crippen LogP contribution is 2.31. The largest absolute Gasteiger partial charge is 0.462 e. The highest BCUT2D eigenvalue weighted by atomic mass is 19.1. The molecule has 2 aromatic carbocycles. The van der Waals surface area contributed by atoms with Gasteiger partial charge in [0.15, 0.2) is 11.6 Å². The highest BCUT2D eigenvalue weighted by molar-refractivity contribution is 5.97. The maximum absolute atomic E-state index is 15.1. The summed E-state index contributed by atoms with van der Waals surface area (Å²) in [6.07, 6.45) is -7.52. The second kappa shape index (κ2) is 15.7. The molecule has 1 saturated carbocycles. The molecule has 5 N–H and O–H groups in total. The van der Waals surface area contributed by atoms with Gasteiger partial charge in [0.1, 0.15) is 55.8 Å². The van der Waals surface area contributed by atoms with Crippen molar-refractivity contribution in [1.82, 2.24) is 5.32 Å². The Morgan fingerprint density at radius 2 is 1.74 bits per heavy atom. The summed E-state index contributed by atoms with van der Waals surface area (Å²) >= 11 is 0. The van der Waals surface area contributed by atoms with Crippen molar-refractivity contribution >= 4 is 23.4 Å². The van der Waals surface area contributed by atoms with Crippen LogP contribution in [0.3, 0.4) is 0 Å². The molecule has 14 nitrogen and oxygen atoms in total. The third-order valence-corrected chi connectivity index (χ3v) is 9.15. The first-order valence-electron chi connectivity index (χ1n) is 16.3. The van der Waals surface area contributed by atoms with Crippen molar-refractivity contribution in [3.63, 3.8) is 0 Å². The third-order valence-electron chi connectivity index (χ3n) is 9.15. The Morgan fingerprint density at radius 1 is 1.00 bits per heavy atom. The van der Waals surface area contributed by atoms with Crippen molar-refractivity contribution in [2.24, 2.45) is 5.16 Å². The Bertz CT molecular complexity index is 1590. The number of aliphatic hydroxyl groups excluding tert-OH is 4. The summed E-state index contributed by atoms with van der Waals surface area (Å²) in [7, 11) is 0. The van der Waals surface area contributed by atoms with Crippen molar-refractivity contribution < 1.29 is 62.5 Å². The molecule has 4 aliphatic rings. The Kier molecular flexibility index (Phi) is 11.3. The van der Waals surface area contributed by atoms with E-state index in [2.05, 4.69) is 10.5 Å². The van der Waals surface area contributed by atoms with E-state index in [9.17, 15) is 29.6 Å². The number of hydrogen-bond donors (Lipinski definition) is 5. The molecule has 3 aliphatic heterocycles. The lowest BCUT2D eigenvalue weighted by Crippen LogP contribution is -2.67. The maximum Gasteiger partial charge on any atom is 0.247 e.